The summed E-state index contributed by atoms with van der Waals surface area (Å²) in [6.45, 7) is 10.2. The lowest BCUT2D eigenvalue weighted by Crippen LogP contribution is -2.51. The molecule has 1 aromatic rings. The van der Waals surface area contributed by atoms with Gasteiger partial charge in [-0.1, -0.05) is 40.5 Å². The summed E-state index contributed by atoms with van der Waals surface area (Å²) in [5.41, 5.74) is 0. The maximum atomic E-state index is 12.4. The second kappa shape index (κ2) is 9.38. The van der Waals surface area contributed by atoms with E-state index in [0.29, 0.717) is 5.92 Å². The third kappa shape index (κ3) is 6.89. The topological polar surface area (TPSA) is 71.3 Å². The molecule has 130 valence electrons. The van der Waals surface area contributed by atoms with E-state index in [9.17, 15) is 9.59 Å². The molecule has 0 saturated carbocycles. The number of furan rings is 1. The predicted molar refractivity (Wildman–Crippen MR) is 91.1 cm³/mol. The summed E-state index contributed by atoms with van der Waals surface area (Å²) < 4.78 is 5.07. The van der Waals surface area contributed by atoms with Crippen LogP contribution in [-0.4, -0.2) is 23.9 Å². The van der Waals surface area contributed by atoms with E-state index in [4.69, 9.17) is 4.42 Å². The van der Waals surface area contributed by atoms with Crippen molar-refractivity contribution in [2.45, 2.75) is 66.0 Å². The van der Waals surface area contributed by atoms with Crippen LogP contribution >= 0.6 is 0 Å². The van der Waals surface area contributed by atoms with Gasteiger partial charge in [0.1, 0.15) is 6.04 Å². The second-order valence-electron chi connectivity index (χ2n) is 6.91. The number of nitrogens with one attached hydrogen (secondary N) is 2. The van der Waals surface area contributed by atoms with E-state index in [1.807, 2.05) is 20.8 Å². The Morgan fingerprint density at radius 2 is 1.78 bits per heavy atom. The van der Waals surface area contributed by atoms with Gasteiger partial charge >= 0.3 is 0 Å². The van der Waals surface area contributed by atoms with E-state index in [0.717, 1.165) is 19.3 Å². The summed E-state index contributed by atoms with van der Waals surface area (Å²) in [5.74, 6) is 0.382. The molecular weight excluding hydrogens is 292 g/mol. The van der Waals surface area contributed by atoms with Gasteiger partial charge in [-0.3, -0.25) is 9.59 Å². The van der Waals surface area contributed by atoms with Crippen LogP contribution in [0.3, 0.4) is 0 Å². The Morgan fingerprint density at radius 3 is 2.30 bits per heavy atom. The van der Waals surface area contributed by atoms with Gasteiger partial charge in [0.15, 0.2) is 5.76 Å². The van der Waals surface area contributed by atoms with Crippen LogP contribution in [0.2, 0.25) is 0 Å². The number of amides is 2. The molecule has 1 heterocycles. The van der Waals surface area contributed by atoms with E-state index < -0.39 is 6.04 Å². The van der Waals surface area contributed by atoms with Gasteiger partial charge in [-0.05, 0) is 37.3 Å². The number of carbonyl (C=O) groups is 2. The molecule has 1 rings (SSSR count). The smallest absolute Gasteiger partial charge is 0.287 e. The van der Waals surface area contributed by atoms with Crippen molar-refractivity contribution >= 4 is 11.8 Å². The third-order valence-corrected chi connectivity index (χ3v) is 3.79. The molecule has 2 amide bonds. The van der Waals surface area contributed by atoms with Crippen LogP contribution in [-0.2, 0) is 4.79 Å². The quantitative estimate of drug-likeness (QED) is 0.732. The largest absolute Gasteiger partial charge is 0.459 e. The van der Waals surface area contributed by atoms with Crippen molar-refractivity contribution in [1.82, 2.24) is 10.6 Å². The molecule has 0 aliphatic rings. The van der Waals surface area contributed by atoms with Crippen molar-refractivity contribution in [3.05, 3.63) is 24.2 Å². The lowest BCUT2D eigenvalue weighted by molar-refractivity contribution is -0.124. The summed E-state index contributed by atoms with van der Waals surface area (Å²) in [6, 6.07) is 2.76. The van der Waals surface area contributed by atoms with Crippen molar-refractivity contribution in [2.75, 3.05) is 0 Å². The summed E-state index contributed by atoms with van der Waals surface area (Å²) in [4.78, 5) is 24.5. The summed E-state index contributed by atoms with van der Waals surface area (Å²) in [7, 11) is 0. The molecule has 5 heteroatoms. The number of hydrogen-bond acceptors (Lipinski definition) is 3. The molecule has 5 nitrogen and oxygen atoms in total. The van der Waals surface area contributed by atoms with Gasteiger partial charge in [-0.25, -0.2) is 0 Å². The molecule has 2 atom stereocenters. The Balaban J connectivity index is 2.52. The SMILES string of the molecule is CC(C)CCCC(C)NC(=O)C(NC(=O)c1ccco1)C(C)C. The first kappa shape index (κ1) is 19.3. The second-order valence-corrected chi connectivity index (χ2v) is 6.91. The molecule has 0 spiro atoms. The van der Waals surface area contributed by atoms with E-state index in [1.165, 1.54) is 6.26 Å². The van der Waals surface area contributed by atoms with Crippen molar-refractivity contribution in [3.8, 4) is 0 Å². The van der Waals surface area contributed by atoms with E-state index >= 15 is 0 Å². The number of hydrogen-bond donors (Lipinski definition) is 2. The Bertz CT molecular complexity index is 480. The van der Waals surface area contributed by atoms with Crippen LogP contribution < -0.4 is 10.6 Å². The Hall–Kier alpha value is -1.78. The van der Waals surface area contributed by atoms with Gasteiger partial charge < -0.3 is 15.1 Å². The zero-order valence-electron chi connectivity index (χ0n) is 14.9. The van der Waals surface area contributed by atoms with E-state index in [2.05, 4.69) is 24.5 Å². The number of rotatable bonds is 9. The standard InChI is InChI=1S/C18H30N2O3/c1-12(2)8-6-9-14(5)19-18(22)16(13(3)4)20-17(21)15-10-7-11-23-15/h7,10-14,16H,6,8-9H2,1-5H3,(H,19,22)(H,20,21). The Kier molecular flexibility index (Phi) is 7.86. The fourth-order valence-electron chi connectivity index (χ4n) is 2.39. The van der Waals surface area contributed by atoms with Crippen LogP contribution in [0.25, 0.3) is 0 Å². The summed E-state index contributed by atoms with van der Waals surface area (Å²) in [5, 5.41) is 5.76. The van der Waals surface area contributed by atoms with Crippen molar-refractivity contribution < 1.29 is 14.0 Å². The zero-order valence-corrected chi connectivity index (χ0v) is 14.9. The third-order valence-electron chi connectivity index (χ3n) is 3.79. The molecule has 0 bridgehead atoms. The highest BCUT2D eigenvalue weighted by Crippen LogP contribution is 2.10. The minimum absolute atomic E-state index is 0.00298. The average molecular weight is 322 g/mol. The summed E-state index contributed by atoms with van der Waals surface area (Å²) >= 11 is 0. The lowest BCUT2D eigenvalue weighted by Gasteiger charge is -2.23. The van der Waals surface area contributed by atoms with Crippen molar-refractivity contribution in [1.29, 1.82) is 0 Å². The first-order valence-corrected chi connectivity index (χ1v) is 8.46. The Labute approximate surface area is 139 Å². The molecule has 0 fully saturated rings. The highest BCUT2D eigenvalue weighted by Gasteiger charge is 2.26. The molecule has 0 aliphatic heterocycles. The van der Waals surface area contributed by atoms with Gasteiger partial charge in [0.25, 0.3) is 5.91 Å². The van der Waals surface area contributed by atoms with Crippen LogP contribution in [0.1, 0.15) is 64.4 Å². The van der Waals surface area contributed by atoms with Crippen molar-refractivity contribution in [3.63, 3.8) is 0 Å². The van der Waals surface area contributed by atoms with Crippen molar-refractivity contribution in [2.24, 2.45) is 11.8 Å². The minimum Gasteiger partial charge on any atom is -0.459 e. The van der Waals surface area contributed by atoms with Gasteiger partial charge in [-0.2, -0.15) is 0 Å². The van der Waals surface area contributed by atoms with Gasteiger partial charge in [-0.15, -0.1) is 0 Å². The maximum Gasteiger partial charge on any atom is 0.287 e. The van der Waals surface area contributed by atoms with E-state index in [-0.39, 0.29) is 29.5 Å². The van der Waals surface area contributed by atoms with Gasteiger partial charge in [0, 0.05) is 6.04 Å². The highest BCUT2D eigenvalue weighted by molar-refractivity contribution is 5.95. The van der Waals surface area contributed by atoms with E-state index in [1.54, 1.807) is 12.1 Å². The molecule has 23 heavy (non-hydrogen) atoms. The van der Waals surface area contributed by atoms with Gasteiger partial charge in [0.2, 0.25) is 5.91 Å². The minimum atomic E-state index is -0.569. The molecule has 0 radical (unpaired) electrons. The molecule has 2 N–H and O–H groups in total. The molecule has 2 unspecified atom stereocenters. The normalized spacial score (nSPS) is 13.9. The maximum absolute atomic E-state index is 12.4. The zero-order chi connectivity index (χ0) is 17.4. The Morgan fingerprint density at radius 1 is 1.09 bits per heavy atom. The van der Waals surface area contributed by atoms with Crippen LogP contribution in [0.5, 0.6) is 0 Å². The average Bonchev–Trinajstić information content (AvgIpc) is 2.97. The predicted octanol–water partition coefficient (Wildman–Crippen LogP) is 3.37. The molecule has 0 aromatic carbocycles. The molecule has 0 aliphatic carbocycles. The van der Waals surface area contributed by atoms with Gasteiger partial charge in [0.05, 0.1) is 6.26 Å². The molecular formula is C18H30N2O3. The van der Waals surface area contributed by atoms with Crippen LogP contribution in [0, 0.1) is 11.8 Å². The fourth-order valence-corrected chi connectivity index (χ4v) is 2.39. The van der Waals surface area contributed by atoms with Crippen LogP contribution in [0.15, 0.2) is 22.8 Å². The first-order chi connectivity index (χ1) is 10.8. The monoisotopic (exact) mass is 322 g/mol. The first-order valence-electron chi connectivity index (χ1n) is 8.46. The number of carbonyl (C=O) groups excluding carboxylic acids is 2. The van der Waals surface area contributed by atoms with Crippen LogP contribution in [0.4, 0.5) is 0 Å². The molecule has 1 aromatic heterocycles. The fraction of sp³-hybridized carbons (Fsp3) is 0.667. The highest BCUT2D eigenvalue weighted by atomic mass is 16.3. The summed E-state index contributed by atoms with van der Waals surface area (Å²) in [6.07, 6.45) is 4.63. The lowest BCUT2D eigenvalue weighted by atomic mass is 10.0. The molecule has 0 saturated heterocycles.